The average Bonchev–Trinajstić information content (AvgIpc) is 3.10. The largest absolute Gasteiger partial charge is 0.387 e. The molecule has 0 atom stereocenters. The minimum atomic E-state index is 0.390. The third-order valence-electron chi connectivity index (χ3n) is 9.38. The molecule has 2 heteroatoms. The third-order valence-corrected chi connectivity index (χ3v) is 9.38. The number of nitrogens with zero attached hydrogens (tertiary/aromatic N) is 1. The van der Waals surface area contributed by atoms with E-state index in [0.29, 0.717) is 5.92 Å². The summed E-state index contributed by atoms with van der Waals surface area (Å²) in [7, 11) is 0. The number of allylic oxidation sites excluding steroid dienone is 2. The van der Waals surface area contributed by atoms with E-state index in [1.807, 2.05) is 0 Å². The van der Waals surface area contributed by atoms with Crippen molar-refractivity contribution in [3.63, 3.8) is 0 Å². The van der Waals surface area contributed by atoms with E-state index in [2.05, 4.69) is 166 Å². The van der Waals surface area contributed by atoms with E-state index in [1.54, 1.807) is 0 Å². The second kappa shape index (κ2) is 11.5. The van der Waals surface area contributed by atoms with E-state index in [1.165, 1.54) is 65.7 Å². The summed E-state index contributed by atoms with van der Waals surface area (Å²) in [4.78, 5) is 5.21. The van der Waals surface area contributed by atoms with E-state index < -0.39 is 0 Å². The zero-order chi connectivity index (χ0) is 31.2. The lowest BCUT2D eigenvalue weighted by molar-refractivity contribution is 0.852. The summed E-state index contributed by atoms with van der Waals surface area (Å²) in [5.41, 5.74) is 12.0. The first-order valence-electron chi connectivity index (χ1n) is 16.2. The molecule has 0 unspecified atom stereocenters. The van der Waals surface area contributed by atoms with Gasteiger partial charge in [-0.3, -0.25) is 0 Å². The maximum Gasteiger partial charge on any atom is 0.0758 e. The van der Waals surface area contributed by atoms with Gasteiger partial charge in [0.25, 0.3) is 0 Å². The molecule has 8 rings (SSSR count). The minimum Gasteiger partial charge on any atom is -0.387 e. The van der Waals surface area contributed by atoms with Crippen molar-refractivity contribution < 1.29 is 0 Å². The van der Waals surface area contributed by atoms with Crippen LogP contribution in [0.25, 0.3) is 71.4 Å². The van der Waals surface area contributed by atoms with Gasteiger partial charge in [-0.25, -0.2) is 4.98 Å². The zero-order valence-corrected chi connectivity index (χ0v) is 26.5. The Morgan fingerprint density at radius 2 is 1.24 bits per heavy atom. The van der Waals surface area contributed by atoms with Crippen LogP contribution < -0.4 is 5.32 Å². The van der Waals surface area contributed by atoms with Crippen LogP contribution in [-0.4, -0.2) is 11.5 Å². The van der Waals surface area contributed by atoms with Crippen LogP contribution in [0.3, 0.4) is 0 Å². The standard InChI is InChI=1S/C44H36N2/c1-28(2)35-22-23-41(46-44(35)34-12-10-24-45-27-34)32-20-18-31-26-33(21-19-30(31)25-32)42-37-14-6-8-16-39(37)43(36-13-5-4-11-29(36)3)40-17-9-7-15-38(40)42/h4-23,25-28,45H,24H2,1-3H3. The molecule has 222 valence electrons. The Labute approximate surface area is 270 Å². The van der Waals surface area contributed by atoms with Crippen molar-refractivity contribution in [2.24, 2.45) is 0 Å². The Kier molecular flexibility index (Phi) is 6.99. The number of fused-ring (bicyclic) bond motifs is 3. The Bertz CT molecular complexity index is 2300. The maximum atomic E-state index is 5.21. The van der Waals surface area contributed by atoms with Gasteiger partial charge in [-0.15, -0.1) is 0 Å². The summed E-state index contributed by atoms with van der Waals surface area (Å²) < 4.78 is 0. The highest BCUT2D eigenvalue weighted by Gasteiger charge is 2.18. The van der Waals surface area contributed by atoms with Gasteiger partial charge in [0, 0.05) is 23.9 Å². The van der Waals surface area contributed by atoms with Crippen LogP contribution in [0.15, 0.2) is 140 Å². The van der Waals surface area contributed by atoms with Crippen LogP contribution in [0.2, 0.25) is 0 Å². The van der Waals surface area contributed by atoms with Gasteiger partial charge in [0.05, 0.1) is 11.4 Å². The molecule has 2 heterocycles. The van der Waals surface area contributed by atoms with Crippen molar-refractivity contribution in [1.82, 2.24) is 10.3 Å². The molecule has 0 saturated carbocycles. The van der Waals surface area contributed by atoms with Crippen molar-refractivity contribution in [3.05, 3.63) is 157 Å². The lowest BCUT2D eigenvalue weighted by atomic mass is 9.84. The van der Waals surface area contributed by atoms with Crippen molar-refractivity contribution in [2.45, 2.75) is 26.7 Å². The number of aromatic nitrogens is 1. The van der Waals surface area contributed by atoms with Crippen molar-refractivity contribution in [2.75, 3.05) is 6.54 Å². The van der Waals surface area contributed by atoms with Crippen molar-refractivity contribution >= 4 is 37.9 Å². The first kappa shape index (κ1) is 28.0. The van der Waals surface area contributed by atoms with Gasteiger partial charge < -0.3 is 5.32 Å². The fraction of sp³-hybridized carbons (Fsp3) is 0.114. The molecule has 0 fully saturated rings. The summed E-state index contributed by atoms with van der Waals surface area (Å²) in [5, 5.41) is 10.9. The molecule has 2 nitrogen and oxygen atoms in total. The number of nitrogens with one attached hydrogen (secondary N) is 1. The average molecular weight is 593 g/mol. The smallest absolute Gasteiger partial charge is 0.0758 e. The van der Waals surface area contributed by atoms with Crippen LogP contribution in [0.1, 0.15) is 36.6 Å². The summed E-state index contributed by atoms with van der Waals surface area (Å²) in [6.07, 6.45) is 6.42. The number of hydrogen-bond acceptors (Lipinski definition) is 2. The molecular formula is C44H36N2. The normalized spacial score (nSPS) is 13.0. The molecule has 7 aromatic rings. The van der Waals surface area contributed by atoms with E-state index in [-0.39, 0.29) is 0 Å². The third kappa shape index (κ3) is 4.78. The number of hydrogen-bond donors (Lipinski definition) is 1. The van der Waals surface area contributed by atoms with Crippen LogP contribution in [0, 0.1) is 6.92 Å². The molecule has 0 amide bonds. The van der Waals surface area contributed by atoms with E-state index in [4.69, 9.17) is 4.98 Å². The number of rotatable bonds is 5. The molecule has 1 N–H and O–H groups in total. The van der Waals surface area contributed by atoms with Gasteiger partial charge in [-0.05, 0) is 96.7 Å². The summed E-state index contributed by atoms with van der Waals surface area (Å²) >= 11 is 0. The van der Waals surface area contributed by atoms with E-state index in [0.717, 1.165) is 29.1 Å². The molecule has 0 radical (unpaired) electrons. The zero-order valence-electron chi connectivity index (χ0n) is 26.5. The summed E-state index contributed by atoms with van der Waals surface area (Å²) in [6.45, 7) is 7.53. The first-order chi connectivity index (χ1) is 22.6. The molecule has 0 bridgehead atoms. The molecular weight excluding hydrogens is 556 g/mol. The molecule has 0 saturated heterocycles. The Morgan fingerprint density at radius 3 is 1.87 bits per heavy atom. The number of benzene rings is 6. The van der Waals surface area contributed by atoms with E-state index in [9.17, 15) is 0 Å². The van der Waals surface area contributed by atoms with Crippen LogP contribution in [0.4, 0.5) is 0 Å². The minimum absolute atomic E-state index is 0.390. The van der Waals surface area contributed by atoms with Gasteiger partial charge in [-0.1, -0.05) is 129 Å². The second-order valence-electron chi connectivity index (χ2n) is 12.6. The van der Waals surface area contributed by atoms with E-state index >= 15 is 0 Å². The quantitative estimate of drug-likeness (QED) is 0.201. The lowest BCUT2D eigenvalue weighted by Crippen LogP contribution is -2.10. The number of pyridine rings is 1. The number of dihydropyridines is 1. The summed E-state index contributed by atoms with van der Waals surface area (Å²) in [5.74, 6) is 0.390. The Morgan fingerprint density at radius 1 is 0.630 bits per heavy atom. The monoisotopic (exact) mass is 592 g/mol. The SMILES string of the molecule is Cc1ccccc1-c1c2ccccc2c(-c2ccc3cc(-c4ccc(C(C)C)c(C5=CNCC=C5)n4)ccc3c2)c2ccccc12. The first-order valence-corrected chi connectivity index (χ1v) is 16.2. The highest BCUT2D eigenvalue weighted by atomic mass is 14.8. The molecule has 0 spiro atoms. The maximum absolute atomic E-state index is 5.21. The Hall–Kier alpha value is -5.47. The van der Waals surface area contributed by atoms with Gasteiger partial charge in [0.2, 0.25) is 0 Å². The molecule has 0 aliphatic carbocycles. The molecule has 6 aromatic carbocycles. The predicted molar refractivity (Wildman–Crippen MR) is 197 cm³/mol. The Balaban J connectivity index is 1.27. The fourth-order valence-corrected chi connectivity index (χ4v) is 7.09. The number of aryl methyl sites for hydroxylation is 1. The molecule has 1 aliphatic heterocycles. The highest BCUT2D eigenvalue weighted by Crippen LogP contribution is 2.44. The van der Waals surface area contributed by atoms with Gasteiger partial charge >= 0.3 is 0 Å². The van der Waals surface area contributed by atoms with Crippen LogP contribution >= 0.6 is 0 Å². The molecule has 1 aromatic heterocycles. The molecule has 46 heavy (non-hydrogen) atoms. The predicted octanol–water partition coefficient (Wildman–Crippen LogP) is 11.5. The molecule has 1 aliphatic rings. The van der Waals surface area contributed by atoms with Crippen molar-refractivity contribution in [1.29, 1.82) is 0 Å². The topological polar surface area (TPSA) is 24.9 Å². The van der Waals surface area contributed by atoms with Gasteiger partial charge in [0.15, 0.2) is 0 Å². The van der Waals surface area contributed by atoms with Crippen LogP contribution in [0.5, 0.6) is 0 Å². The van der Waals surface area contributed by atoms with Gasteiger partial charge in [0.1, 0.15) is 0 Å². The van der Waals surface area contributed by atoms with Crippen molar-refractivity contribution in [3.8, 4) is 33.5 Å². The van der Waals surface area contributed by atoms with Crippen LogP contribution in [-0.2, 0) is 0 Å². The van der Waals surface area contributed by atoms with Gasteiger partial charge in [-0.2, -0.15) is 0 Å². The lowest BCUT2D eigenvalue weighted by Gasteiger charge is -2.19. The summed E-state index contributed by atoms with van der Waals surface area (Å²) in [6, 6.07) is 44.6. The second-order valence-corrected chi connectivity index (χ2v) is 12.6. The highest BCUT2D eigenvalue weighted by molar-refractivity contribution is 6.22. The fourth-order valence-electron chi connectivity index (χ4n) is 7.09.